The summed E-state index contributed by atoms with van der Waals surface area (Å²) in [6.07, 6.45) is 0. The second-order valence-electron chi connectivity index (χ2n) is 2.65. The highest BCUT2D eigenvalue weighted by molar-refractivity contribution is 9.10. The lowest BCUT2D eigenvalue weighted by atomic mass is 9.64. The Labute approximate surface area is 85.0 Å². The zero-order chi connectivity index (χ0) is 10.0. The molecule has 0 aliphatic heterocycles. The van der Waals surface area contributed by atoms with Gasteiger partial charge in [0.1, 0.15) is 11.6 Å². The van der Waals surface area contributed by atoms with E-state index in [1.807, 2.05) is 0 Å². The Morgan fingerprint density at radius 2 is 2.15 bits per heavy atom. The quantitative estimate of drug-likeness (QED) is 0.800. The van der Waals surface area contributed by atoms with E-state index in [9.17, 15) is 9.41 Å². The predicted molar refractivity (Wildman–Crippen MR) is 54.1 cm³/mol. The van der Waals surface area contributed by atoms with Gasteiger partial charge in [0.2, 0.25) is 0 Å². The Morgan fingerprint density at radius 3 is 2.62 bits per heavy atom. The molecule has 0 bridgehead atoms. The van der Waals surface area contributed by atoms with E-state index < -0.39 is 12.7 Å². The van der Waals surface area contributed by atoms with Crippen molar-refractivity contribution in [3.63, 3.8) is 0 Å². The molecule has 13 heavy (non-hydrogen) atoms. The largest absolute Gasteiger partial charge is 0.496 e. The number of hydrogen-bond acceptors (Lipinski definition) is 2. The number of methoxy groups -OCH3 is 1. The van der Waals surface area contributed by atoms with E-state index in [4.69, 9.17) is 4.74 Å². The summed E-state index contributed by atoms with van der Waals surface area (Å²) in [5, 5.41) is 9.28. The van der Waals surface area contributed by atoms with Crippen LogP contribution in [0.25, 0.3) is 0 Å². The molecule has 0 aliphatic rings. The van der Waals surface area contributed by atoms with Gasteiger partial charge >= 0.3 is 6.92 Å². The second-order valence-corrected chi connectivity index (χ2v) is 3.45. The van der Waals surface area contributed by atoms with Crippen LogP contribution >= 0.6 is 15.9 Å². The third kappa shape index (κ3) is 2.03. The summed E-state index contributed by atoms with van der Waals surface area (Å²) in [7, 11) is 1.49. The summed E-state index contributed by atoms with van der Waals surface area (Å²) in [4.78, 5) is 0. The molecular formula is C8H9BBrFO2. The summed E-state index contributed by atoms with van der Waals surface area (Å²) >= 11 is 3.17. The van der Waals surface area contributed by atoms with E-state index in [-0.39, 0.29) is 5.46 Å². The summed E-state index contributed by atoms with van der Waals surface area (Å²) in [5.74, 6) is 0.0694. The molecule has 0 radical (unpaired) electrons. The van der Waals surface area contributed by atoms with Crippen LogP contribution < -0.4 is 10.2 Å². The molecule has 0 spiro atoms. The van der Waals surface area contributed by atoms with Crippen molar-refractivity contribution in [1.82, 2.24) is 0 Å². The van der Waals surface area contributed by atoms with Crippen LogP contribution in [-0.2, 0) is 0 Å². The molecule has 0 fully saturated rings. The Morgan fingerprint density at radius 1 is 1.54 bits per heavy atom. The lowest BCUT2D eigenvalue weighted by Gasteiger charge is -2.10. The molecule has 70 valence electrons. The van der Waals surface area contributed by atoms with Gasteiger partial charge in [-0.05, 0) is 28.1 Å². The van der Waals surface area contributed by atoms with Crippen LogP contribution in [-0.4, -0.2) is 19.0 Å². The highest BCUT2D eigenvalue weighted by Gasteiger charge is 2.19. The molecule has 0 saturated carbocycles. The Hall–Kier alpha value is -0.545. The van der Waals surface area contributed by atoms with Gasteiger partial charge in [0.25, 0.3) is 0 Å². The summed E-state index contributed by atoms with van der Waals surface area (Å²) in [6.45, 7) is 0.646. The average Bonchev–Trinajstić information content (AvgIpc) is 2.04. The molecule has 1 aromatic rings. The van der Waals surface area contributed by atoms with E-state index in [0.29, 0.717) is 10.2 Å². The molecule has 0 heterocycles. The molecule has 0 saturated heterocycles. The van der Waals surface area contributed by atoms with Gasteiger partial charge in [-0.3, -0.25) is 0 Å². The van der Waals surface area contributed by atoms with E-state index >= 15 is 0 Å². The van der Waals surface area contributed by atoms with Gasteiger partial charge in [-0.15, -0.1) is 0 Å². The zero-order valence-electron chi connectivity index (χ0n) is 7.34. The van der Waals surface area contributed by atoms with Gasteiger partial charge in [0.05, 0.1) is 11.6 Å². The van der Waals surface area contributed by atoms with E-state index in [1.165, 1.54) is 26.1 Å². The molecule has 2 nitrogen and oxygen atoms in total. The van der Waals surface area contributed by atoms with Crippen molar-refractivity contribution in [1.29, 1.82) is 0 Å². The molecule has 0 aromatic heterocycles. The van der Waals surface area contributed by atoms with Crippen LogP contribution in [0, 0.1) is 5.82 Å². The van der Waals surface area contributed by atoms with E-state index in [0.717, 1.165) is 0 Å². The topological polar surface area (TPSA) is 29.5 Å². The van der Waals surface area contributed by atoms with Crippen LogP contribution in [0.15, 0.2) is 16.6 Å². The Kier molecular flexibility index (Phi) is 3.33. The molecule has 1 N–H and O–H groups in total. The normalized spacial score (nSPS) is 9.92. The first-order valence-corrected chi connectivity index (χ1v) is 4.57. The Bertz CT molecular complexity index is 317. The Balaban J connectivity index is 3.30. The number of hydrogen-bond donors (Lipinski definition) is 1. The fourth-order valence-corrected chi connectivity index (χ4v) is 1.90. The van der Waals surface area contributed by atoms with Crippen molar-refractivity contribution in [2.75, 3.05) is 7.11 Å². The number of ether oxygens (including phenoxy) is 1. The molecule has 1 aromatic carbocycles. The summed E-state index contributed by atoms with van der Waals surface area (Å²) < 4.78 is 18.6. The first-order chi connectivity index (χ1) is 6.07. The fourth-order valence-electron chi connectivity index (χ4n) is 1.09. The van der Waals surface area contributed by atoms with Crippen molar-refractivity contribution in [2.45, 2.75) is 6.82 Å². The molecule has 0 unspecified atom stereocenters. The van der Waals surface area contributed by atoms with Gasteiger partial charge < -0.3 is 9.76 Å². The highest BCUT2D eigenvalue weighted by atomic mass is 79.9. The number of benzene rings is 1. The minimum absolute atomic E-state index is 0.222. The third-order valence-electron chi connectivity index (χ3n) is 1.73. The third-order valence-corrected chi connectivity index (χ3v) is 2.55. The van der Waals surface area contributed by atoms with Gasteiger partial charge in [0.15, 0.2) is 0 Å². The first-order valence-electron chi connectivity index (χ1n) is 3.78. The molecular weight excluding hydrogens is 238 g/mol. The predicted octanol–water partition coefficient (Wildman–Crippen LogP) is 1.42. The second kappa shape index (κ2) is 4.11. The molecule has 0 aliphatic carbocycles. The van der Waals surface area contributed by atoms with Gasteiger partial charge in [-0.1, -0.05) is 6.82 Å². The monoisotopic (exact) mass is 246 g/mol. The van der Waals surface area contributed by atoms with Crippen LogP contribution in [0.5, 0.6) is 5.75 Å². The SMILES string of the molecule is COc1ccc(F)c(B(C)O)c1Br. The lowest BCUT2D eigenvalue weighted by Crippen LogP contribution is -2.31. The maximum atomic E-state index is 13.2. The zero-order valence-corrected chi connectivity index (χ0v) is 8.93. The van der Waals surface area contributed by atoms with Crippen molar-refractivity contribution in [3.05, 3.63) is 22.4 Å². The van der Waals surface area contributed by atoms with Crippen LogP contribution in [0.4, 0.5) is 4.39 Å². The molecule has 0 atom stereocenters. The molecule has 5 heteroatoms. The molecule has 1 rings (SSSR count). The molecule has 0 amide bonds. The van der Waals surface area contributed by atoms with Crippen molar-refractivity contribution < 1.29 is 14.2 Å². The van der Waals surface area contributed by atoms with Crippen molar-refractivity contribution in [2.24, 2.45) is 0 Å². The fraction of sp³-hybridized carbons (Fsp3) is 0.250. The van der Waals surface area contributed by atoms with Gasteiger partial charge in [-0.2, -0.15) is 0 Å². The van der Waals surface area contributed by atoms with Gasteiger partial charge in [-0.25, -0.2) is 4.39 Å². The number of halogens is 2. The van der Waals surface area contributed by atoms with Crippen molar-refractivity contribution in [3.8, 4) is 5.75 Å². The maximum Gasteiger partial charge on any atom is 0.324 e. The van der Waals surface area contributed by atoms with Crippen molar-refractivity contribution >= 4 is 28.3 Å². The standard InChI is InChI=1S/C8H9BBrFO2/c1-9(12)7-5(11)3-4-6(13-2)8(7)10/h3-4,12H,1-2H3. The number of rotatable bonds is 2. The minimum Gasteiger partial charge on any atom is -0.496 e. The van der Waals surface area contributed by atoms with Crippen LogP contribution in [0.1, 0.15) is 0 Å². The highest BCUT2D eigenvalue weighted by Crippen LogP contribution is 2.23. The lowest BCUT2D eigenvalue weighted by molar-refractivity contribution is 0.411. The minimum atomic E-state index is -0.857. The summed E-state index contributed by atoms with van der Waals surface area (Å²) in [5.41, 5.74) is 0.222. The first kappa shape index (κ1) is 10.5. The maximum absolute atomic E-state index is 13.2. The smallest absolute Gasteiger partial charge is 0.324 e. The van der Waals surface area contributed by atoms with Crippen LogP contribution in [0.3, 0.4) is 0 Å². The van der Waals surface area contributed by atoms with Gasteiger partial charge in [0, 0.05) is 5.46 Å². The van der Waals surface area contributed by atoms with E-state index in [1.54, 1.807) is 0 Å². The summed E-state index contributed by atoms with van der Waals surface area (Å²) in [6, 6.07) is 2.77. The van der Waals surface area contributed by atoms with E-state index in [2.05, 4.69) is 15.9 Å². The average molecular weight is 247 g/mol. The van der Waals surface area contributed by atoms with Crippen LogP contribution in [0.2, 0.25) is 6.82 Å².